The highest BCUT2D eigenvalue weighted by atomic mass is 35.5. The fraction of sp³-hybridized carbons (Fsp3) is 0.385. The third kappa shape index (κ3) is 2.52. The number of halogens is 2. The first-order valence-corrected chi connectivity index (χ1v) is 5.98. The second-order valence-corrected chi connectivity index (χ2v) is 4.62. The van der Waals surface area contributed by atoms with E-state index in [9.17, 15) is 0 Å². The van der Waals surface area contributed by atoms with E-state index in [-0.39, 0.29) is 0 Å². The van der Waals surface area contributed by atoms with E-state index in [1.165, 1.54) is 0 Å². The van der Waals surface area contributed by atoms with Gasteiger partial charge in [-0.05, 0) is 24.1 Å². The van der Waals surface area contributed by atoms with E-state index < -0.39 is 5.41 Å². The number of hydrogen-bond donors (Lipinski definition) is 1. The van der Waals surface area contributed by atoms with Gasteiger partial charge in [0.1, 0.15) is 0 Å². The van der Waals surface area contributed by atoms with Crippen LogP contribution in [0.5, 0.6) is 0 Å². The lowest BCUT2D eigenvalue weighted by Gasteiger charge is -2.27. The fourth-order valence-corrected chi connectivity index (χ4v) is 2.10. The van der Waals surface area contributed by atoms with Crippen LogP contribution in [0.3, 0.4) is 0 Å². The fourth-order valence-electron chi connectivity index (χ4n) is 1.80. The van der Waals surface area contributed by atoms with Crippen molar-refractivity contribution in [2.24, 2.45) is 5.73 Å². The molecule has 0 fully saturated rings. The molecule has 0 aliphatic heterocycles. The molecule has 0 bridgehead atoms. The van der Waals surface area contributed by atoms with Gasteiger partial charge in [-0.2, -0.15) is 0 Å². The highest BCUT2D eigenvalue weighted by molar-refractivity contribution is 6.42. The van der Waals surface area contributed by atoms with Gasteiger partial charge in [0.2, 0.25) is 0 Å². The van der Waals surface area contributed by atoms with Crippen molar-refractivity contribution in [3.05, 3.63) is 33.8 Å². The van der Waals surface area contributed by atoms with Crippen LogP contribution in [0.1, 0.15) is 25.3 Å². The molecule has 16 heavy (non-hydrogen) atoms. The molecule has 0 amide bonds. The van der Waals surface area contributed by atoms with Crippen LogP contribution in [0.4, 0.5) is 0 Å². The van der Waals surface area contributed by atoms with Gasteiger partial charge >= 0.3 is 0 Å². The normalized spacial score (nSPS) is 14.2. The molecule has 0 saturated heterocycles. The molecule has 1 aromatic rings. The summed E-state index contributed by atoms with van der Waals surface area (Å²) in [6, 6.07) is 5.47. The monoisotopic (exact) mass is 255 g/mol. The van der Waals surface area contributed by atoms with Gasteiger partial charge in [0.25, 0.3) is 0 Å². The van der Waals surface area contributed by atoms with Crippen LogP contribution in [-0.2, 0) is 5.41 Å². The Morgan fingerprint density at radius 2 is 2.06 bits per heavy atom. The molecule has 0 unspecified atom stereocenters. The van der Waals surface area contributed by atoms with Crippen LogP contribution in [0.25, 0.3) is 0 Å². The molecular weight excluding hydrogens is 241 g/mol. The van der Waals surface area contributed by atoms with Crippen molar-refractivity contribution in [2.75, 3.05) is 6.54 Å². The van der Waals surface area contributed by atoms with Crippen molar-refractivity contribution in [3.8, 4) is 12.3 Å². The molecule has 1 aromatic carbocycles. The zero-order valence-corrected chi connectivity index (χ0v) is 10.8. The largest absolute Gasteiger partial charge is 0.329 e. The first kappa shape index (κ1) is 13.4. The Bertz CT molecular complexity index is 409. The summed E-state index contributed by atoms with van der Waals surface area (Å²) in [6.45, 7) is 2.49. The van der Waals surface area contributed by atoms with Crippen molar-refractivity contribution >= 4 is 23.2 Å². The number of rotatable bonds is 4. The first-order valence-electron chi connectivity index (χ1n) is 5.23. The summed E-state index contributed by atoms with van der Waals surface area (Å²) in [5, 5.41) is 1.05. The van der Waals surface area contributed by atoms with Crippen LogP contribution in [0.2, 0.25) is 10.0 Å². The number of benzene rings is 1. The van der Waals surface area contributed by atoms with Gasteiger partial charge in [-0.1, -0.05) is 48.5 Å². The summed E-state index contributed by atoms with van der Waals surface area (Å²) in [6.07, 6.45) is 7.44. The lowest BCUT2D eigenvalue weighted by Crippen LogP contribution is -2.33. The van der Waals surface area contributed by atoms with Gasteiger partial charge in [-0.3, -0.25) is 0 Å². The third-order valence-corrected chi connectivity index (χ3v) is 3.51. The highest BCUT2D eigenvalue weighted by Gasteiger charge is 2.27. The minimum absolute atomic E-state index is 0.412. The molecule has 1 rings (SSSR count). The molecule has 1 atom stereocenters. The maximum Gasteiger partial charge on any atom is 0.0682 e. The van der Waals surface area contributed by atoms with Crippen LogP contribution in [0.15, 0.2) is 18.2 Å². The van der Waals surface area contributed by atoms with E-state index in [1.54, 1.807) is 6.07 Å². The predicted octanol–water partition coefficient (Wildman–Crippen LogP) is 3.62. The predicted molar refractivity (Wildman–Crippen MR) is 70.9 cm³/mol. The second-order valence-electron chi connectivity index (χ2n) is 3.81. The van der Waals surface area contributed by atoms with E-state index in [1.807, 2.05) is 12.1 Å². The Kier molecular flexibility index (Phi) is 4.68. The van der Waals surface area contributed by atoms with Crippen molar-refractivity contribution in [2.45, 2.75) is 25.2 Å². The Balaban J connectivity index is 3.21. The van der Waals surface area contributed by atoms with Crippen molar-refractivity contribution < 1.29 is 0 Å². The maximum atomic E-state index is 5.99. The summed E-state index contributed by atoms with van der Waals surface area (Å²) in [7, 11) is 0. The van der Waals surface area contributed by atoms with Gasteiger partial charge < -0.3 is 5.73 Å². The van der Waals surface area contributed by atoms with Crippen molar-refractivity contribution in [3.63, 3.8) is 0 Å². The van der Waals surface area contributed by atoms with Crippen LogP contribution >= 0.6 is 23.2 Å². The number of terminal acetylenes is 1. The zero-order chi connectivity index (χ0) is 12.2. The minimum Gasteiger partial charge on any atom is -0.329 e. The van der Waals surface area contributed by atoms with Crippen molar-refractivity contribution in [1.29, 1.82) is 0 Å². The Hall–Kier alpha value is -0.680. The van der Waals surface area contributed by atoms with E-state index >= 15 is 0 Å². The zero-order valence-electron chi connectivity index (χ0n) is 9.26. The summed E-state index contributed by atoms with van der Waals surface area (Å²) in [5.74, 6) is 2.80. The maximum absolute atomic E-state index is 5.99. The molecule has 0 aliphatic carbocycles. The molecule has 0 aromatic heterocycles. The van der Waals surface area contributed by atoms with E-state index in [4.69, 9.17) is 35.4 Å². The Morgan fingerprint density at radius 1 is 1.38 bits per heavy atom. The summed E-state index contributed by atoms with van der Waals surface area (Å²) in [4.78, 5) is 0. The average molecular weight is 256 g/mol. The van der Waals surface area contributed by atoms with Gasteiger partial charge in [-0.25, -0.2) is 0 Å². The molecule has 1 nitrogen and oxygen atoms in total. The van der Waals surface area contributed by atoms with E-state index in [0.717, 1.165) is 18.4 Å². The smallest absolute Gasteiger partial charge is 0.0682 e. The van der Waals surface area contributed by atoms with Gasteiger partial charge in [0, 0.05) is 6.54 Å². The van der Waals surface area contributed by atoms with Gasteiger partial charge in [0.15, 0.2) is 0 Å². The third-order valence-electron chi connectivity index (χ3n) is 2.77. The summed E-state index contributed by atoms with van der Waals surface area (Å²) >= 11 is 11.9. The molecule has 0 aliphatic rings. The summed E-state index contributed by atoms with van der Waals surface area (Å²) in [5.41, 5.74) is 6.34. The molecule has 86 valence electrons. The molecular formula is C13H15Cl2N. The SMILES string of the molecule is C#C[C@@](CN)(CCC)c1ccc(Cl)c(Cl)c1. The molecule has 0 saturated carbocycles. The van der Waals surface area contributed by atoms with Crippen LogP contribution < -0.4 is 5.73 Å². The Labute approximate surface area is 107 Å². The van der Waals surface area contributed by atoms with Crippen LogP contribution in [-0.4, -0.2) is 6.54 Å². The summed E-state index contributed by atoms with van der Waals surface area (Å²) < 4.78 is 0. The van der Waals surface area contributed by atoms with E-state index in [0.29, 0.717) is 16.6 Å². The van der Waals surface area contributed by atoms with E-state index in [2.05, 4.69) is 12.8 Å². The van der Waals surface area contributed by atoms with Crippen molar-refractivity contribution in [1.82, 2.24) is 0 Å². The first-order chi connectivity index (χ1) is 7.59. The molecule has 3 heteroatoms. The molecule has 0 spiro atoms. The lowest BCUT2D eigenvalue weighted by molar-refractivity contribution is 0.512. The number of nitrogens with two attached hydrogens (primary N) is 1. The number of hydrogen-bond acceptors (Lipinski definition) is 1. The lowest BCUT2D eigenvalue weighted by atomic mass is 9.77. The standard InChI is InChI=1S/C13H15Cl2N/c1-3-7-13(4-2,9-16)10-5-6-11(14)12(15)8-10/h2,5-6,8H,3,7,9,16H2,1H3/t13-/m0/s1. The topological polar surface area (TPSA) is 26.0 Å². The molecule has 0 heterocycles. The minimum atomic E-state index is -0.428. The second kappa shape index (κ2) is 5.59. The van der Waals surface area contributed by atoms with Gasteiger partial charge in [-0.15, -0.1) is 6.42 Å². The quantitative estimate of drug-likeness (QED) is 0.818. The molecule has 2 N–H and O–H groups in total. The average Bonchev–Trinajstić information content (AvgIpc) is 2.30. The van der Waals surface area contributed by atoms with Gasteiger partial charge in [0.05, 0.1) is 15.5 Å². The van der Waals surface area contributed by atoms with Crippen LogP contribution in [0, 0.1) is 12.3 Å². The molecule has 0 radical (unpaired) electrons. The Morgan fingerprint density at radius 3 is 2.50 bits per heavy atom. The highest BCUT2D eigenvalue weighted by Crippen LogP contribution is 2.32.